The Labute approximate surface area is 113 Å². The van der Waals surface area contributed by atoms with Crippen LogP contribution in [0.1, 0.15) is 29.3 Å². The molecule has 1 atom stereocenters. The molecule has 0 aromatic heterocycles. The van der Waals surface area contributed by atoms with E-state index in [9.17, 15) is 9.90 Å². The lowest BCUT2D eigenvalue weighted by molar-refractivity contribution is 0.0703. The fourth-order valence-corrected chi connectivity index (χ4v) is 1.68. The molecule has 0 radical (unpaired) electrons. The van der Waals surface area contributed by atoms with Gasteiger partial charge in [-0.05, 0) is 19.1 Å². The van der Waals surface area contributed by atoms with E-state index in [0.717, 1.165) is 0 Å². The molecule has 0 aliphatic rings. The molecule has 1 amide bonds. The van der Waals surface area contributed by atoms with Crippen LogP contribution in [-0.4, -0.2) is 47.3 Å². The van der Waals surface area contributed by atoms with Gasteiger partial charge in [-0.25, -0.2) is 0 Å². The van der Waals surface area contributed by atoms with Gasteiger partial charge in [-0.2, -0.15) is 0 Å². The van der Waals surface area contributed by atoms with Crippen molar-refractivity contribution in [1.82, 2.24) is 4.90 Å². The Morgan fingerprint density at radius 3 is 2.74 bits per heavy atom. The van der Waals surface area contributed by atoms with Crippen molar-refractivity contribution in [3.63, 3.8) is 0 Å². The number of hydrogen-bond donors (Lipinski definition) is 2. The highest BCUT2D eigenvalue weighted by molar-refractivity contribution is 5.96. The second-order valence-corrected chi connectivity index (χ2v) is 4.36. The van der Waals surface area contributed by atoms with Gasteiger partial charge in [0.2, 0.25) is 0 Å². The van der Waals surface area contributed by atoms with Gasteiger partial charge in [-0.3, -0.25) is 4.79 Å². The first-order valence-corrected chi connectivity index (χ1v) is 6.18. The summed E-state index contributed by atoms with van der Waals surface area (Å²) in [6, 6.07) is 7.08. The van der Waals surface area contributed by atoms with Crippen LogP contribution >= 0.6 is 0 Å². The molecule has 0 spiro atoms. The Balaban J connectivity index is 2.94. The molecule has 0 heterocycles. The molecule has 0 saturated heterocycles. The maximum atomic E-state index is 12.2. The number of aliphatic hydroxyl groups is 2. The molecule has 0 aliphatic heterocycles. The Hall–Kier alpha value is -1.83. The number of carbonyl (C=O) groups is 1. The number of nitrogens with zero attached hydrogens (tertiary/aromatic N) is 1. The molecule has 1 aromatic rings. The van der Waals surface area contributed by atoms with Gasteiger partial charge in [-0.1, -0.05) is 24.0 Å². The standard InChI is InChI=1S/C15H19NO3/c1-12(18)11-16(2)15(19)14-9-4-3-7-13(14)8-5-6-10-17/h3-4,7,9,12,17-18H,6,10-11H2,1-2H3. The molecule has 1 aromatic carbocycles. The molecule has 4 heteroatoms. The largest absolute Gasteiger partial charge is 0.395 e. The highest BCUT2D eigenvalue weighted by Gasteiger charge is 2.15. The van der Waals surface area contributed by atoms with Crippen molar-refractivity contribution < 1.29 is 15.0 Å². The first-order valence-electron chi connectivity index (χ1n) is 6.18. The summed E-state index contributed by atoms with van der Waals surface area (Å²) in [5.74, 6) is 5.52. The summed E-state index contributed by atoms with van der Waals surface area (Å²) in [4.78, 5) is 13.7. The summed E-state index contributed by atoms with van der Waals surface area (Å²) in [6.07, 6.45) is -0.187. The van der Waals surface area contributed by atoms with Crippen LogP contribution in [0.25, 0.3) is 0 Å². The van der Waals surface area contributed by atoms with Gasteiger partial charge in [-0.15, -0.1) is 0 Å². The molecular weight excluding hydrogens is 242 g/mol. The van der Waals surface area contributed by atoms with Crippen LogP contribution in [0.2, 0.25) is 0 Å². The highest BCUT2D eigenvalue weighted by atomic mass is 16.3. The summed E-state index contributed by atoms with van der Waals surface area (Å²) in [5.41, 5.74) is 1.15. The van der Waals surface area contributed by atoms with Crippen molar-refractivity contribution in [3.8, 4) is 11.8 Å². The minimum atomic E-state index is -0.568. The van der Waals surface area contributed by atoms with E-state index in [1.165, 1.54) is 4.90 Å². The predicted molar refractivity (Wildman–Crippen MR) is 73.7 cm³/mol. The second kappa shape index (κ2) is 7.57. The third-order valence-corrected chi connectivity index (χ3v) is 2.50. The maximum absolute atomic E-state index is 12.2. The number of hydrogen-bond acceptors (Lipinski definition) is 3. The van der Waals surface area contributed by atoms with Crippen LogP contribution in [0.15, 0.2) is 24.3 Å². The summed E-state index contributed by atoms with van der Waals surface area (Å²) in [6.45, 7) is 1.92. The number of aliphatic hydroxyl groups excluding tert-OH is 2. The summed E-state index contributed by atoms with van der Waals surface area (Å²) < 4.78 is 0. The van der Waals surface area contributed by atoms with E-state index >= 15 is 0 Å². The molecule has 0 bridgehead atoms. The number of likely N-dealkylation sites (N-methyl/N-ethyl adjacent to an activating group) is 1. The van der Waals surface area contributed by atoms with E-state index in [0.29, 0.717) is 17.5 Å². The Morgan fingerprint density at radius 1 is 1.42 bits per heavy atom. The minimum Gasteiger partial charge on any atom is -0.395 e. The van der Waals surface area contributed by atoms with Crippen molar-refractivity contribution in [3.05, 3.63) is 35.4 Å². The minimum absolute atomic E-state index is 0.00500. The average Bonchev–Trinajstić information content (AvgIpc) is 2.38. The maximum Gasteiger partial charge on any atom is 0.254 e. The van der Waals surface area contributed by atoms with E-state index in [1.807, 2.05) is 6.07 Å². The van der Waals surface area contributed by atoms with Gasteiger partial charge in [0, 0.05) is 25.6 Å². The smallest absolute Gasteiger partial charge is 0.254 e. The molecule has 19 heavy (non-hydrogen) atoms. The molecule has 102 valence electrons. The number of carbonyl (C=O) groups excluding carboxylic acids is 1. The van der Waals surface area contributed by atoms with Crippen molar-refractivity contribution in [1.29, 1.82) is 0 Å². The fourth-order valence-electron chi connectivity index (χ4n) is 1.68. The molecule has 0 fully saturated rings. The van der Waals surface area contributed by atoms with Gasteiger partial charge in [0.25, 0.3) is 5.91 Å². The fraction of sp³-hybridized carbons (Fsp3) is 0.400. The van der Waals surface area contributed by atoms with E-state index in [4.69, 9.17) is 5.11 Å². The third-order valence-electron chi connectivity index (χ3n) is 2.50. The number of benzene rings is 1. The molecule has 0 aliphatic carbocycles. The molecule has 2 N–H and O–H groups in total. The summed E-state index contributed by atoms with van der Waals surface area (Å²) in [5, 5.41) is 18.0. The lowest BCUT2D eigenvalue weighted by Crippen LogP contribution is -2.33. The van der Waals surface area contributed by atoms with Gasteiger partial charge < -0.3 is 15.1 Å². The second-order valence-electron chi connectivity index (χ2n) is 4.36. The van der Waals surface area contributed by atoms with Gasteiger partial charge >= 0.3 is 0 Å². The number of amides is 1. The van der Waals surface area contributed by atoms with Gasteiger partial charge in [0.1, 0.15) is 0 Å². The average molecular weight is 261 g/mol. The van der Waals surface area contributed by atoms with E-state index in [2.05, 4.69) is 11.8 Å². The Morgan fingerprint density at radius 2 is 2.11 bits per heavy atom. The monoisotopic (exact) mass is 261 g/mol. The zero-order valence-electron chi connectivity index (χ0n) is 11.3. The molecule has 1 unspecified atom stereocenters. The Kier molecular flexibility index (Phi) is 6.07. The normalized spacial score (nSPS) is 11.4. The zero-order chi connectivity index (χ0) is 14.3. The van der Waals surface area contributed by atoms with Gasteiger partial charge in [0.15, 0.2) is 0 Å². The quantitative estimate of drug-likeness (QED) is 0.791. The summed E-state index contributed by atoms with van der Waals surface area (Å²) in [7, 11) is 1.65. The molecule has 0 saturated carbocycles. The first-order chi connectivity index (χ1) is 9.06. The molecule has 1 rings (SSSR count). The van der Waals surface area contributed by atoms with Crippen LogP contribution in [0.3, 0.4) is 0 Å². The lowest BCUT2D eigenvalue weighted by Gasteiger charge is -2.19. The third kappa shape index (κ3) is 4.74. The van der Waals surface area contributed by atoms with Crippen molar-refractivity contribution >= 4 is 5.91 Å². The van der Waals surface area contributed by atoms with Crippen molar-refractivity contribution in [2.75, 3.05) is 20.2 Å². The van der Waals surface area contributed by atoms with E-state index < -0.39 is 6.10 Å². The first kappa shape index (κ1) is 15.2. The van der Waals surface area contributed by atoms with Crippen LogP contribution in [-0.2, 0) is 0 Å². The highest BCUT2D eigenvalue weighted by Crippen LogP contribution is 2.10. The van der Waals surface area contributed by atoms with Gasteiger partial charge in [0.05, 0.1) is 18.3 Å². The van der Waals surface area contributed by atoms with E-state index in [-0.39, 0.29) is 19.1 Å². The van der Waals surface area contributed by atoms with Crippen LogP contribution in [0.5, 0.6) is 0 Å². The topological polar surface area (TPSA) is 60.8 Å². The van der Waals surface area contributed by atoms with Crippen LogP contribution in [0.4, 0.5) is 0 Å². The van der Waals surface area contributed by atoms with Crippen molar-refractivity contribution in [2.24, 2.45) is 0 Å². The van der Waals surface area contributed by atoms with Crippen LogP contribution < -0.4 is 0 Å². The Bertz CT molecular complexity index is 486. The molecule has 4 nitrogen and oxygen atoms in total. The molecular formula is C15H19NO3. The number of rotatable bonds is 4. The summed E-state index contributed by atoms with van der Waals surface area (Å²) >= 11 is 0. The zero-order valence-corrected chi connectivity index (χ0v) is 11.3. The predicted octanol–water partition coefficient (Wildman–Crippen LogP) is 0.873. The van der Waals surface area contributed by atoms with E-state index in [1.54, 1.807) is 32.2 Å². The van der Waals surface area contributed by atoms with Crippen LogP contribution in [0, 0.1) is 11.8 Å². The SMILES string of the molecule is CC(O)CN(C)C(=O)c1ccccc1C#CCCO. The van der Waals surface area contributed by atoms with Crippen molar-refractivity contribution in [2.45, 2.75) is 19.4 Å². The lowest BCUT2D eigenvalue weighted by atomic mass is 10.1.